The van der Waals surface area contributed by atoms with Gasteiger partial charge in [-0.15, -0.1) is 0 Å². The second-order valence-corrected chi connectivity index (χ2v) is 7.49. The number of hydrogen-bond donors (Lipinski definition) is 1. The number of amides is 2. The zero-order valence-electron chi connectivity index (χ0n) is 14.6. The number of carbonyl (C=O) groups is 2. The lowest BCUT2D eigenvalue weighted by Crippen LogP contribution is -2.55. The van der Waals surface area contributed by atoms with Crippen molar-refractivity contribution in [3.05, 3.63) is 0 Å². The van der Waals surface area contributed by atoms with Crippen LogP contribution in [0.15, 0.2) is 0 Å². The largest absolute Gasteiger partial charge is 0.344 e. The fraction of sp³-hybridized carbons (Fsp3) is 0.875. The van der Waals surface area contributed by atoms with Gasteiger partial charge >= 0.3 is 0 Å². The number of nitrogens with zero attached hydrogens (tertiary/aromatic N) is 2. The third-order valence-electron chi connectivity index (χ3n) is 4.31. The first-order chi connectivity index (χ1) is 9.54. The second-order valence-electron chi connectivity index (χ2n) is 7.49. The second kappa shape index (κ2) is 6.77. The SMILES string of the molecule is CC(NC(=O)C(C)(C)C)C(=O)N(C)C1CCN(C)CC1C. The van der Waals surface area contributed by atoms with E-state index in [-0.39, 0.29) is 17.9 Å². The van der Waals surface area contributed by atoms with E-state index >= 15 is 0 Å². The maximum Gasteiger partial charge on any atom is 0.244 e. The molecule has 5 nitrogen and oxygen atoms in total. The van der Waals surface area contributed by atoms with Gasteiger partial charge in [0.25, 0.3) is 0 Å². The summed E-state index contributed by atoms with van der Waals surface area (Å²) in [6.45, 7) is 11.5. The van der Waals surface area contributed by atoms with Crippen molar-refractivity contribution in [2.45, 2.75) is 53.1 Å². The topological polar surface area (TPSA) is 52.7 Å². The van der Waals surface area contributed by atoms with Crippen molar-refractivity contribution in [2.75, 3.05) is 27.2 Å². The highest BCUT2D eigenvalue weighted by Crippen LogP contribution is 2.21. The Balaban J connectivity index is 2.63. The minimum absolute atomic E-state index is 0.00555. The lowest BCUT2D eigenvalue weighted by atomic mass is 9.92. The van der Waals surface area contributed by atoms with Crippen molar-refractivity contribution >= 4 is 11.8 Å². The molecule has 0 aliphatic carbocycles. The predicted molar refractivity (Wildman–Crippen MR) is 84.9 cm³/mol. The molecule has 3 atom stereocenters. The Morgan fingerprint density at radius 1 is 1.33 bits per heavy atom. The van der Waals surface area contributed by atoms with Gasteiger partial charge in [0.2, 0.25) is 11.8 Å². The molecule has 3 unspecified atom stereocenters. The van der Waals surface area contributed by atoms with Crippen molar-refractivity contribution in [3.63, 3.8) is 0 Å². The number of likely N-dealkylation sites (tertiary alicyclic amines) is 1. The zero-order chi connectivity index (χ0) is 16.4. The van der Waals surface area contributed by atoms with Gasteiger partial charge in [0.1, 0.15) is 6.04 Å². The van der Waals surface area contributed by atoms with Gasteiger partial charge in [0, 0.05) is 25.0 Å². The van der Waals surface area contributed by atoms with Gasteiger partial charge in [0.15, 0.2) is 0 Å². The first-order valence-corrected chi connectivity index (χ1v) is 7.80. The van der Waals surface area contributed by atoms with Gasteiger partial charge < -0.3 is 15.1 Å². The number of likely N-dealkylation sites (N-methyl/N-ethyl adjacent to an activating group) is 1. The van der Waals surface area contributed by atoms with Crippen molar-refractivity contribution in [2.24, 2.45) is 11.3 Å². The van der Waals surface area contributed by atoms with E-state index in [2.05, 4.69) is 24.2 Å². The highest BCUT2D eigenvalue weighted by Gasteiger charge is 2.33. The van der Waals surface area contributed by atoms with Crippen LogP contribution in [0, 0.1) is 11.3 Å². The molecule has 0 radical (unpaired) electrons. The van der Waals surface area contributed by atoms with Gasteiger partial charge in [-0.2, -0.15) is 0 Å². The Kier molecular flexibility index (Phi) is 5.79. The summed E-state index contributed by atoms with van der Waals surface area (Å²) in [5.74, 6) is 0.352. The minimum atomic E-state index is -0.478. The van der Waals surface area contributed by atoms with Crippen molar-refractivity contribution in [1.82, 2.24) is 15.1 Å². The normalized spacial score (nSPS) is 25.3. The van der Waals surface area contributed by atoms with E-state index < -0.39 is 11.5 Å². The molecule has 21 heavy (non-hydrogen) atoms. The van der Waals surface area contributed by atoms with E-state index in [0.717, 1.165) is 19.5 Å². The highest BCUT2D eigenvalue weighted by molar-refractivity contribution is 5.89. The Hall–Kier alpha value is -1.10. The van der Waals surface area contributed by atoms with Crippen molar-refractivity contribution in [1.29, 1.82) is 0 Å². The molecule has 2 amide bonds. The van der Waals surface area contributed by atoms with Crippen LogP contribution in [-0.4, -0.2) is 60.9 Å². The van der Waals surface area contributed by atoms with Crippen LogP contribution in [0.25, 0.3) is 0 Å². The summed E-state index contributed by atoms with van der Waals surface area (Å²) in [6.07, 6.45) is 0.986. The molecule has 1 heterocycles. The molecule has 1 aliphatic rings. The predicted octanol–water partition coefficient (Wildman–Crippen LogP) is 1.34. The van der Waals surface area contributed by atoms with Gasteiger partial charge in [-0.3, -0.25) is 9.59 Å². The number of hydrogen-bond acceptors (Lipinski definition) is 3. The average Bonchev–Trinajstić information content (AvgIpc) is 2.35. The Labute approximate surface area is 129 Å². The van der Waals surface area contributed by atoms with E-state index in [0.29, 0.717) is 5.92 Å². The van der Waals surface area contributed by atoms with Crippen LogP contribution in [0.2, 0.25) is 0 Å². The standard InChI is InChI=1S/C16H31N3O2/c1-11-10-18(6)9-8-13(11)19(7)14(20)12(2)17-15(21)16(3,4)5/h11-13H,8-10H2,1-7H3,(H,17,21). The summed E-state index contributed by atoms with van der Waals surface area (Å²) in [5, 5.41) is 2.82. The fourth-order valence-corrected chi connectivity index (χ4v) is 2.86. The fourth-order valence-electron chi connectivity index (χ4n) is 2.86. The number of rotatable bonds is 3. The monoisotopic (exact) mass is 297 g/mol. The lowest BCUT2D eigenvalue weighted by Gasteiger charge is -2.40. The Bertz CT molecular complexity index is 389. The molecule has 0 saturated carbocycles. The summed E-state index contributed by atoms with van der Waals surface area (Å²) in [4.78, 5) is 28.6. The van der Waals surface area contributed by atoms with Crippen LogP contribution < -0.4 is 5.32 Å². The molecule has 122 valence electrons. The van der Waals surface area contributed by atoms with Crippen molar-refractivity contribution in [3.8, 4) is 0 Å². The van der Waals surface area contributed by atoms with Gasteiger partial charge in [0.05, 0.1) is 0 Å². The van der Waals surface area contributed by atoms with E-state index in [4.69, 9.17) is 0 Å². The summed E-state index contributed by atoms with van der Waals surface area (Å²) < 4.78 is 0. The highest BCUT2D eigenvalue weighted by atomic mass is 16.2. The summed E-state index contributed by atoms with van der Waals surface area (Å²) in [7, 11) is 3.97. The van der Waals surface area contributed by atoms with Crippen LogP contribution in [0.1, 0.15) is 41.0 Å². The first kappa shape index (κ1) is 18.0. The number of nitrogens with one attached hydrogen (secondary N) is 1. The number of piperidine rings is 1. The maximum atomic E-state index is 12.5. The van der Waals surface area contributed by atoms with E-state index in [1.165, 1.54) is 0 Å². The summed E-state index contributed by atoms with van der Waals surface area (Å²) in [5.41, 5.74) is -0.478. The number of carbonyl (C=O) groups excluding carboxylic acids is 2. The minimum Gasteiger partial charge on any atom is -0.344 e. The summed E-state index contributed by atoms with van der Waals surface area (Å²) in [6, 6.07) is -0.226. The van der Waals surface area contributed by atoms with Gasteiger partial charge in [-0.05, 0) is 32.9 Å². The molecule has 0 aromatic heterocycles. The Morgan fingerprint density at radius 2 is 1.90 bits per heavy atom. The molecular formula is C16H31N3O2. The van der Waals surface area contributed by atoms with Crippen LogP contribution >= 0.6 is 0 Å². The molecule has 1 aliphatic heterocycles. The average molecular weight is 297 g/mol. The zero-order valence-corrected chi connectivity index (χ0v) is 14.6. The van der Waals surface area contributed by atoms with E-state index in [1.54, 1.807) is 6.92 Å². The molecule has 0 aromatic carbocycles. The van der Waals surface area contributed by atoms with Crippen LogP contribution in [0.5, 0.6) is 0 Å². The lowest BCUT2D eigenvalue weighted by molar-refractivity contribution is -0.140. The smallest absolute Gasteiger partial charge is 0.244 e. The quantitative estimate of drug-likeness (QED) is 0.855. The molecule has 1 rings (SSSR count). The molecule has 0 spiro atoms. The Morgan fingerprint density at radius 3 is 2.38 bits per heavy atom. The third-order valence-corrected chi connectivity index (χ3v) is 4.31. The van der Waals surface area contributed by atoms with E-state index in [1.807, 2.05) is 32.7 Å². The van der Waals surface area contributed by atoms with Crippen LogP contribution in [-0.2, 0) is 9.59 Å². The first-order valence-electron chi connectivity index (χ1n) is 7.80. The molecule has 0 aromatic rings. The van der Waals surface area contributed by atoms with Crippen molar-refractivity contribution < 1.29 is 9.59 Å². The molecule has 1 saturated heterocycles. The van der Waals surface area contributed by atoms with Crippen LogP contribution in [0.4, 0.5) is 0 Å². The molecule has 5 heteroatoms. The van der Waals surface area contributed by atoms with Gasteiger partial charge in [-0.25, -0.2) is 0 Å². The molecule has 1 N–H and O–H groups in total. The maximum absolute atomic E-state index is 12.5. The molecule has 1 fully saturated rings. The molecular weight excluding hydrogens is 266 g/mol. The van der Waals surface area contributed by atoms with E-state index in [9.17, 15) is 9.59 Å². The van der Waals surface area contributed by atoms with Crippen LogP contribution in [0.3, 0.4) is 0 Å². The summed E-state index contributed by atoms with van der Waals surface area (Å²) >= 11 is 0. The van der Waals surface area contributed by atoms with Gasteiger partial charge in [-0.1, -0.05) is 27.7 Å². The molecule has 0 bridgehead atoms. The third kappa shape index (κ3) is 4.70.